The number of sulfonamides is 1. The van der Waals surface area contributed by atoms with Gasteiger partial charge in [-0.3, -0.25) is 0 Å². The first-order valence-corrected chi connectivity index (χ1v) is 9.40. The lowest BCUT2D eigenvalue weighted by atomic mass is 10.2. The van der Waals surface area contributed by atoms with Gasteiger partial charge in [0.05, 0.1) is 15.5 Å². The maximum absolute atomic E-state index is 11.8. The highest BCUT2D eigenvalue weighted by Gasteiger charge is 2.20. The van der Waals surface area contributed by atoms with Crippen LogP contribution in [-0.4, -0.2) is 29.1 Å². The molecule has 8 heteroatoms. The molecule has 0 bridgehead atoms. The van der Waals surface area contributed by atoms with Crippen LogP contribution in [0.15, 0.2) is 40.1 Å². The van der Waals surface area contributed by atoms with E-state index < -0.39 is 19.9 Å². The minimum absolute atomic E-state index is 0.0593. The van der Waals surface area contributed by atoms with Gasteiger partial charge in [-0.1, -0.05) is 12.2 Å². The summed E-state index contributed by atoms with van der Waals surface area (Å²) in [5.41, 5.74) is 0.397. The van der Waals surface area contributed by atoms with E-state index in [-0.39, 0.29) is 15.8 Å². The van der Waals surface area contributed by atoms with Crippen LogP contribution in [0.1, 0.15) is 12.8 Å². The van der Waals surface area contributed by atoms with Crippen molar-refractivity contribution in [2.45, 2.75) is 28.7 Å². The lowest BCUT2D eigenvalue weighted by molar-refractivity contribution is 0.597. The Bertz CT molecular complexity index is 744. The Balaban J connectivity index is 2.46. The predicted octanol–water partition coefficient (Wildman–Crippen LogP) is 0.868. The molecule has 0 radical (unpaired) electrons. The van der Waals surface area contributed by atoms with Gasteiger partial charge in [-0.15, -0.1) is 0 Å². The Morgan fingerprint density at radius 2 is 1.75 bits per heavy atom. The molecule has 3 N–H and O–H groups in total. The molecule has 1 aliphatic rings. The van der Waals surface area contributed by atoms with Crippen molar-refractivity contribution in [3.63, 3.8) is 0 Å². The molecule has 1 aromatic rings. The van der Waals surface area contributed by atoms with Crippen LogP contribution >= 0.6 is 0 Å². The zero-order chi connectivity index (χ0) is 15.0. The summed E-state index contributed by atoms with van der Waals surface area (Å²) in [6.07, 6.45) is 6.67. The first-order chi connectivity index (χ1) is 9.18. The molecule has 0 amide bonds. The number of anilines is 1. The van der Waals surface area contributed by atoms with Gasteiger partial charge >= 0.3 is 0 Å². The van der Waals surface area contributed by atoms with Gasteiger partial charge in [-0.25, -0.2) is 22.0 Å². The fourth-order valence-electron chi connectivity index (χ4n) is 2.06. The van der Waals surface area contributed by atoms with Crippen molar-refractivity contribution in [1.29, 1.82) is 0 Å². The zero-order valence-electron chi connectivity index (χ0n) is 10.9. The van der Waals surface area contributed by atoms with E-state index in [0.29, 0.717) is 5.69 Å². The number of rotatable bonds is 4. The van der Waals surface area contributed by atoms with Crippen LogP contribution in [0.25, 0.3) is 0 Å². The lowest BCUT2D eigenvalue weighted by Gasteiger charge is -2.17. The molecule has 0 saturated carbocycles. The largest absolute Gasteiger partial charge is 0.381 e. The summed E-state index contributed by atoms with van der Waals surface area (Å²) < 4.78 is 46.3. The van der Waals surface area contributed by atoms with Gasteiger partial charge in [0.15, 0.2) is 9.84 Å². The van der Waals surface area contributed by atoms with Crippen LogP contribution in [0.5, 0.6) is 0 Å². The maximum Gasteiger partial charge on any atom is 0.238 e. The minimum Gasteiger partial charge on any atom is -0.381 e. The molecule has 110 valence electrons. The average Bonchev–Trinajstić information content (AvgIpc) is 2.79. The van der Waals surface area contributed by atoms with Gasteiger partial charge < -0.3 is 5.32 Å². The molecular weight excluding hydrogens is 300 g/mol. The molecule has 0 fully saturated rings. The number of benzene rings is 1. The third-order valence-electron chi connectivity index (χ3n) is 3.05. The second kappa shape index (κ2) is 5.19. The van der Waals surface area contributed by atoms with Gasteiger partial charge in [0.2, 0.25) is 10.0 Å². The van der Waals surface area contributed by atoms with Crippen molar-refractivity contribution >= 4 is 25.5 Å². The second-order valence-corrected chi connectivity index (χ2v) is 8.30. The highest BCUT2D eigenvalue weighted by molar-refractivity contribution is 7.91. The van der Waals surface area contributed by atoms with Crippen LogP contribution in [0.4, 0.5) is 5.69 Å². The molecule has 0 spiro atoms. The third-order valence-corrected chi connectivity index (χ3v) is 5.10. The molecule has 20 heavy (non-hydrogen) atoms. The molecule has 0 unspecified atom stereocenters. The number of nitrogens with one attached hydrogen (secondary N) is 1. The Labute approximate surface area is 118 Å². The third kappa shape index (κ3) is 3.38. The van der Waals surface area contributed by atoms with E-state index in [4.69, 9.17) is 5.14 Å². The Morgan fingerprint density at radius 1 is 1.15 bits per heavy atom. The quantitative estimate of drug-likeness (QED) is 0.802. The monoisotopic (exact) mass is 316 g/mol. The number of primary sulfonamides is 1. The molecule has 1 aromatic carbocycles. The van der Waals surface area contributed by atoms with E-state index in [0.717, 1.165) is 25.2 Å². The predicted molar refractivity (Wildman–Crippen MR) is 76.7 cm³/mol. The number of hydrogen-bond acceptors (Lipinski definition) is 5. The zero-order valence-corrected chi connectivity index (χ0v) is 12.5. The molecule has 0 saturated heterocycles. The van der Waals surface area contributed by atoms with Crippen LogP contribution < -0.4 is 10.5 Å². The van der Waals surface area contributed by atoms with E-state index in [9.17, 15) is 16.8 Å². The summed E-state index contributed by atoms with van der Waals surface area (Å²) in [6.45, 7) is 0. The van der Waals surface area contributed by atoms with Gasteiger partial charge in [-0.2, -0.15) is 0 Å². The van der Waals surface area contributed by atoms with Gasteiger partial charge in [-0.05, 0) is 31.0 Å². The van der Waals surface area contributed by atoms with Crippen molar-refractivity contribution in [1.82, 2.24) is 0 Å². The van der Waals surface area contributed by atoms with Gasteiger partial charge in [0, 0.05) is 12.3 Å². The number of sulfone groups is 1. The van der Waals surface area contributed by atoms with E-state index in [1.807, 2.05) is 12.2 Å². The van der Waals surface area contributed by atoms with E-state index in [1.165, 1.54) is 12.1 Å². The molecule has 0 aliphatic heterocycles. The van der Waals surface area contributed by atoms with Crippen molar-refractivity contribution in [2.75, 3.05) is 11.6 Å². The first-order valence-electron chi connectivity index (χ1n) is 5.96. The van der Waals surface area contributed by atoms with Crippen LogP contribution in [0, 0.1) is 0 Å². The van der Waals surface area contributed by atoms with Crippen LogP contribution in [0.3, 0.4) is 0 Å². The Morgan fingerprint density at radius 3 is 2.25 bits per heavy atom. The van der Waals surface area contributed by atoms with Crippen LogP contribution in [-0.2, 0) is 19.9 Å². The fraction of sp³-hybridized carbons (Fsp3) is 0.333. The van der Waals surface area contributed by atoms with Crippen molar-refractivity contribution < 1.29 is 16.8 Å². The fourth-order valence-corrected chi connectivity index (χ4v) is 3.54. The number of hydrogen-bond donors (Lipinski definition) is 2. The van der Waals surface area contributed by atoms with E-state index >= 15 is 0 Å². The van der Waals surface area contributed by atoms with Crippen molar-refractivity contribution in [2.24, 2.45) is 5.14 Å². The standard InChI is InChI=1S/C12H16N2O4S2/c1-19(15,16)12-8-10(20(13,17)18)6-7-11(12)14-9-4-2-3-5-9/h2-3,6-9,14H,4-5H2,1H3,(H2,13,17,18). The molecule has 0 heterocycles. The maximum atomic E-state index is 11.8. The Kier molecular flexibility index (Phi) is 3.90. The highest BCUT2D eigenvalue weighted by Crippen LogP contribution is 2.27. The average molecular weight is 316 g/mol. The van der Waals surface area contributed by atoms with Crippen LogP contribution in [0.2, 0.25) is 0 Å². The van der Waals surface area contributed by atoms with E-state index in [1.54, 1.807) is 0 Å². The summed E-state index contributed by atoms with van der Waals surface area (Å²) in [6, 6.07) is 3.95. The minimum atomic E-state index is -3.93. The molecular formula is C12H16N2O4S2. The van der Waals surface area contributed by atoms with E-state index in [2.05, 4.69) is 5.32 Å². The normalized spacial score (nSPS) is 16.5. The molecule has 1 aliphatic carbocycles. The summed E-state index contributed by atoms with van der Waals surface area (Å²) >= 11 is 0. The molecule has 0 aromatic heterocycles. The lowest BCUT2D eigenvalue weighted by Crippen LogP contribution is -2.18. The first kappa shape index (κ1) is 15.0. The smallest absolute Gasteiger partial charge is 0.238 e. The summed E-state index contributed by atoms with van der Waals surface area (Å²) in [4.78, 5) is -0.274. The molecule has 2 rings (SSSR count). The molecule has 6 nitrogen and oxygen atoms in total. The summed E-state index contributed by atoms with van der Waals surface area (Å²) in [5, 5.41) is 8.15. The summed E-state index contributed by atoms with van der Waals surface area (Å²) in [7, 11) is -7.49. The SMILES string of the molecule is CS(=O)(=O)c1cc(S(N)(=O)=O)ccc1NC1CC=CC1. The Hall–Kier alpha value is -1.38. The summed E-state index contributed by atoms with van der Waals surface area (Å²) in [5.74, 6) is 0. The van der Waals surface area contributed by atoms with Crippen molar-refractivity contribution in [3.8, 4) is 0 Å². The van der Waals surface area contributed by atoms with Crippen molar-refractivity contribution in [3.05, 3.63) is 30.4 Å². The molecule has 0 atom stereocenters. The second-order valence-electron chi connectivity index (χ2n) is 4.76. The highest BCUT2D eigenvalue weighted by atomic mass is 32.2. The topological polar surface area (TPSA) is 106 Å². The van der Waals surface area contributed by atoms with Gasteiger partial charge in [0.25, 0.3) is 0 Å². The van der Waals surface area contributed by atoms with Gasteiger partial charge in [0.1, 0.15) is 0 Å². The number of nitrogens with two attached hydrogens (primary N) is 1.